The minimum atomic E-state index is -0.413. The molecule has 0 bridgehead atoms. The van der Waals surface area contributed by atoms with Gasteiger partial charge in [-0.15, -0.1) is 11.3 Å². The Balaban J connectivity index is 1.52. The molecule has 3 aromatic heterocycles. The summed E-state index contributed by atoms with van der Waals surface area (Å²) in [6.07, 6.45) is 3.57. The average molecular weight is 513 g/mol. The molecule has 6 nitrogen and oxygen atoms in total. The topological polar surface area (TPSA) is 87.7 Å². The van der Waals surface area contributed by atoms with Crippen molar-refractivity contribution in [2.75, 3.05) is 0 Å². The van der Waals surface area contributed by atoms with Gasteiger partial charge >= 0.3 is 0 Å². The van der Waals surface area contributed by atoms with Gasteiger partial charge in [-0.25, -0.2) is 14.4 Å². The number of hydrogen-bond donors (Lipinski definition) is 2. The third-order valence-electron chi connectivity index (χ3n) is 6.07. The second-order valence-corrected chi connectivity index (χ2v) is 11.0. The van der Waals surface area contributed by atoms with Crippen LogP contribution in [0.5, 0.6) is 0 Å². The molecular weight excluding hydrogens is 487 g/mol. The maximum absolute atomic E-state index is 14.0. The zero-order chi connectivity index (χ0) is 25.3. The predicted molar refractivity (Wildman–Crippen MR) is 138 cm³/mol. The number of hydrogen-bond acceptors (Lipinski definition) is 5. The van der Waals surface area contributed by atoms with Gasteiger partial charge in [0.15, 0.2) is 11.4 Å². The smallest absolute Gasteiger partial charge is 0.255 e. The first-order chi connectivity index (χ1) is 16.5. The Morgan fingerprint density at radius 3 is 2.71 bits per heavy atom. The molecule has 0 fully saturated rings. The van der Waals surface area contributed by atoms with Gasteiger partial charge in [0.25, 0.3) is 5.91 Å². The van der Waals surface area contributed by atoms with Crippen LogP contribution in [-0.2, 0) is 6.42 Å². The minimum absolute atomic E-state index is 0.0406. The zero-order valence-electron chi connectivity index (χ0n) is 19.9. The van der Waals surface area contributed by atoms with Crippen molar-refractivity contribution in [1.82, 2.24) is 20.3 Å². The fourth-order valence-electron chi connectivity index (χ4n) is 3.43. The number of Topliss-reactive ketones (excluding diaryl/α,β-unsaturated/α-hetero) is 1. The van der Waals surface area contributed by atoms with Gasteiger partial charge in [0.2, 0.25) is 0 Å². The van der Waals surface area contributed by atoms with E-state index in [9.17, 15) is 14.0 Å². The van der Waals surface area contributed by atoms with E-state index in [1.165, 1.54) is 23.5 Å². The first-order valence-electron chi connectivity index (χ1n) is 11.3. The average Bonchev–Trinajstić information content (AvgIpc) is 3.45. The maximum Gasteiger partial charge on any atom is 0.255 e. The Hall–Kier alpha value is -3.10. The van der Waals surface area contributed by atoms with Crippen molar-refractivity contribution in [3.05, 3.63) is 69.6 Å². The number of aromatic nitrogens is 3. The summed E-state index contributed by atoms with van der Waals surface area (Å²) >= 11 is 7.36. The van der Waals surface area contributed by atoms with Gasteiger partial charge in [-0.05, 0) is 43.0 Å². The quantitative estimate of drug-likeness (QED) is 0.278. The first-order valence-corrected chi connectivity index (χ1v) is 12.5. The monoisotopic (exact) mass is 512 g/mol. The fraction of sp³-hybridized carbons (Fsp3) is 0.308. The summed E-state index contributed by atoms with van der Waals surface area (Å²) in [6.45, 7) is 8.15. The van der Waals surface area contributed by atoms with E-state index < -0.39 is 5.82 Å². The number of thiophene rings is 1. The highest BCUT2D eigenvalue weighted by molar-refractivity contribution is 7.17. The van der Waals surface area contributed by atoms with E-state index in [1.807, 2.05) is 6.92 Å². The van der Waals surface area contributed by atoms with Crippen LogP contribution in [0.25, 0.3) is 21.7 Å². The van der Waals surface area contributed by atoms with E-state index in [0.717, 1.165) is 4.88 Å². The van der Waals surface area contributed by atoms with E-state index in [-0.39, 0.29) is 36.0 Å². The van der Waals surface area contributed by atoms with E-state index >= 15 is 0 Å². The number of ketones is 1. The molecule has 182 valence electrons. The fourth-order valence-corrected chi connectivity index (χ4v) is 4.62. The van der Waals surface area contributed by atoms with Crippen molar-refractivity contribution in [3.63, 3.8) is 0 Å². The summed E-state index contributed by atoms with van der Waals surface area (Å²) in [7, 11) is 0. The van der Waals surface area contributed by atoms with E-state index in [0.29, 0.717) is 37.9 Å². The van der Waals surface area contributed by atoms with Crippen molar-refractivity contribution in [2.45, 2.75) is 46.6 Å². The second kappa shape index (κ2) is 9.87. The van der Waals surface area contributed by atoms with Gasteiger partial charge in [-0.2, -0.15) is 0 Å². The molecule has 0 spiro atoms. The van der Waals surface area contributed by atoms with Crippen LogP contribution in [0.3, 0.4) is 0 Å². The van der Waals surface area contributed by atoms with Crippen molar-refractivity contribution >= 4 is 45.8 Å². The summed E-state index contributed by atoms with van der Waals surface area (Å²) in [5.41, 5.74) is 2.22. The van der Waals surface area contributed by atoms with Crippen molar-refractivity contribution in [2.24, 2.45) is 5.41 Å². The van der Waals surface area contributed by atoms with Gasteiger partial charge in [0, 0.05) is 29.2 Å². The maximum atomic E-state index is 14.0. The minimum Gasteiger partial charge on any atom is -0.349 e. The van der Waals surface area contributed by atoms with Crippen LogP contribution in [0.4, 0.5) is 4.39 Å². The molecule has 0 radical (unpaired) electrons. The summed E-state index contributed by atoms with van der Waals surface area (Å²) in [5, 5.41) is 3.34. The largest absolute Gasteiger partial charge is 0.349 e. The number of H-pyrrole nitrogens is 1. The molecule has 1 amide bonds. The molecule has 9 heteroatoms. The number of aromatic amines is 1. The van der Waals surface area contributed by atoms with Gasteiger partial charge in [0.05, 0.1) is 27.2 Å². The highest BCUT2D eigenvalue weighted by atomic mass is 35.5. The Bertz CT molecular complexity index is 1390. The van der Waals surface area contributed by atoms with Crippen LogP contribution in [0.15, 0.2) is 42.7 Å². The number of carbonyl (C=O) groups excluding carboxylic acids is 2. The number of fused-ring (bicyclic) bond motifs is 1. The molecule has 0 saturated heterocycles. The number of nitrogens with zero attached hydrogens (tertiary/aromatic N) is 2. The first kappa shape index (κ1) is 25.0. The molecule has 4 aromatic rings. The normalized spacial score (nSPS) is 12.6. The Morgan fingerprint density at radius 1 is 1.23 bits per heavy atom. The number of nitrogens with one attached hydrogen (secondary N) is 2. The summed E-state index contributed by atoms with van der Waals surface area (Å²) in [4.78, 5) is 39.0. The van der Waals surface area contributed by atoms with E-state index in [4.69, 9.17) is 11.6 Å². The molecule has 3 heterocycles. The molecule has 2 N–H and O–H groups in total. The second-order valence-electron chi connectivity index (χ2n) is 9.50. The lowest BCUT2D eigenvalue weighted by atomic mass is 9.88. The van der Waals surface area contributed by atoms with Gasteiger partial charge in [0.1, 0.15) is 11.3 Å². The summed E-state index contributed by atoms with van der Waals surface area (Å²) in [6, 6.07) is 7.98. The summed E-state index contributed by atoms with van der Waals surface area (Å²) in [5.74, 6) is -0.740. The van der Waals surface area contributed by atoms with E-state index in [2.05, 4.69) is 41.0 Å². The van der Waals surface area contributed by atoms with Crippen LogP contribution in [-0.4, -0.2) is 32.7 Å². The van der Waals surface area contributed by atoms with Gasteiger partial charge in [-0.3, -0.25) is 9.59 Å². The van der Waals surface area contributed by atoms with Gasteiger partial charge in [-0.1, -0.05) is 38.4 Å². The lowest BCUT2D eigenvalue weighted by Crippen LogP contribution is -2.41. The molecule has 1 aromatic carbocycles. The lowest BCUT2D eigenvalue weighted by molar-refractivity contribution is 0.0911. The number of halogens is 2. The zero-order valence-corrected chi connectivity index (χ0v) is 21.5. The molecule has 0 aliphatic rings. The molecule has 0 unspecified atom stereocenters. The highest BCUT2D eigenvalue weighted by Crippen LogP contribution is 2.30. The van der Waals surface area contributed by atoms with Crippen molar-refractivity contribution < 1.29 is 14.0 Å². The molecule has 1 atom stereocenters. The van der Waals surface area contributed by atoms with Crippen molar-refractivity contribution in [1.29, 1.82) is 0 Å². The van der Waals surface area contributed by atoms with E-state index in [1.54, 1.807) is 30.6 Å². The number of rotatable bonds is 7. The SMILES string of the molecule is C[C@H](NC(=O)c1c[nH]c2ncc(-c3ccc(C(=O)CCc4c(F)cccc4Cl)s3)nc12)C(C)(C)C. The summed E-state index contributed by atoms with van der Waals surface area (Å²) < 4.78 is 14.0. The standard InChI is InChI=1S/C26H26ClFN4O2S/c1-14(26(2,3)4)31-25(34)16-12-29-24-23(16)32-19(13-30-24)21-10-11-22(35-21)20(33)9-8-15-17(27)6-5-7-18(15)28/h5-7,10-14H,8-9H2,1-4H3,(H,29,30)(H,31,34)/t14-/m0/s1. The molecule has 0 saturated carbocycles. The number of carbonyl (C=O) groups is 2. The molecular formula is C26H26ClFN4O2S. The Morgan fingerprint density at radius 2 is 2.00 bits per heavy atom. The van der Waals surface area contributed by atoms with Crippen LogP contribution < -0.4 is 5.32 Å². The molecule has 4 rings (SSSR count). The predicted octanol–water partition coefficient (Wildman–Crippen LogP) is 6.46. The lowest BCUT2D eigenvalue weighted by Gasteiger charge is -2.27. The molecule has 35 heavy (non-hydrogen) atoms. The van der Waals surface area contributed by atoms with Gasteiger partial charge < -0.3 is 10.3 Å². The van der Waals surface area contributed by atoms with Crippen LogP contribution in [0.1, 0.15) is 59.7 Å². The van der Waals surface area contributed by atoms with Crippen LogP contribution in [0.2, 0.25) is 5.02 Å². The number of benzene rings is 1. The third-order valence-corrected chi connectivity index (χ3v) is 7.57. The molecule has 0 aliphatic carbocycles. The highest BCUT2D eigenvalue weighted by Gasteiger charge is 2.24. The van der Waals surface area contributed by atoms with Crippen LogP contribution >= 0.6 is 22.9 Å². The Kier molecular flexibility index (Phi) is 7.05. The van der Waals surface area contributed by atoms with Crippen molar-refractivity contribution in [3.8, 4) is 10.6 Å². The third kappa shape index (κ3) is 5.44. The van der Waals surface area contributed by atoms with Crippen LogP contribution in [0, 0.1) is 11.2 Å². The Labute approximate surface area is 212 Å². The number of amides is 1. The molecule has 0 aliphatic heterocycles.